The Kier molecular flexibility index (Phi) is 9.35. The third-order valence-electron chi connectivity index (χ3n) is 4.24. The number of guanidine groups is 1. The van der Waals surface area contributed by atoms with Gasteiger partial charge in [-0.05, 0) is 49.2 Å². The second-order valence-electron chi connectivity index (χ2n) is 6.23. The fourth-order valence-corrected chi connectivity index (χ4v) is 2.74. The minimum atomic E-state index is -0.118. The molecule has 0 heterocycles. The van der Waals surface area contributed by atoms with Crippen LogP contribution in [0.2, 0.25) is 0 Å². The van der Waals surface area contributed by atoms with E-state index in [2.05, 4.69) is 20.9 Å². The molecule has 0 aliphatic carbocycles. The number of aliphatic imine (C=N–C) groups is 1. The summed E-state index contributed by atoms with van der Waals surface area (Å²) in [4.78, 5) is 16.8. The van der Waals surface area contributed by atoms with E-state index in [4.69, 9.17) is 9.47 Å². The van der Waals surface area contributed by atoms with Gasteiger partial charge in [0.15, 0.2) is 5.96 Å². The predicted molar refractivity (Wildman–Crippen MR) is 116 cm³/mol. The molecule has 0 bridgehead atoms. The highest BCUT2D eigenvalue weighted by Crippen LogP contribution is 2.17. The van der Waals surface area contributed by atoms with Crippen LogP contribution in [0.1, 0.15) is 22.8 Å². The molecular weight excluding hydrogens is 368 g/mol. The van der Waals surface area contributed by atoms with E-state index in [-0.39, 0.29) is 5.91 Å². The normalized spacial score (nSPS) is 10.9. The first-order valence-electron chi connectivity index (χ1n) is 9.74. The number of carbonyl (C=O) groups is 1. The molecule has 0 aliphatic rings. The molecule has 3 N–H and O–H groups in total. The number of amides is 1. The van der Waals surface area contributed by atoms with E-state index in [0.29, 0.717) is 25.2 Å². The molecule has 1 amide bonds. The molecule has 0 saturated carbocycles. The number of nitrogens with zero attached hydrogens (tertiary/aromatic N) is 1. The highest BCUT2D eigenvalue weighted by Gasteiger charge is 2.05. The molecule has 0 aliphatic heterocycles. The number of carbonyl (C=O) groups excluding carboxylic acids is 1. The summed E-state index contributed by atoms with van der Waals surface area (Å²) in [7, 11) is 3.27. The highest BCUT2D eigenvalue weighted by atomic mass is 16.5. The maximum Gasteiger partial charge on any atom is 0.251 e. The zero-order chi connectivity index (χ0) is 20.9. The molecule has 2 rings (SSSR count). The Morgan fingerprint density at radius 1 is 0.931 bits per heavy atom. The van der Waals surface area contributed by atoms with Crippen molar-refractivity contribution in [1.82, 2.24) is 16.0 Å². The Labute approximate surface area is 172 Å². The van der Waals surface area contributed by atoms with Crippen molar-refractivity contribution in [3.05, 3.63) is 59.7 Å². The molecule has 7 nitrogen and oxygen atoms in total. The topological polar surface area (TPSA) is 84.0 Å². The van der Waals surface area contributed by atoms with E-state index in [0.717, 1.165) is 36.0 Å². The monoisotopic (exact) mass is 398 g/mol. The summed E-state index contributed by atoms with van der Waals surface area (Å²) >= 11 is 0. The van der Waals surface area contributed by atoms with Gasteiger partial charge in [-0.2, -0.15) is 0 Å². The molecule has 0 fully saturated rings. The first-order valence-corrected chi connectivity index (χ1v) is 9.74. The Hall–Kier alpha value is -3.22. The van der Waals surface area contributed by atoms with Crippen LogP contribution in [-0.2, 0) is 6.42 Å². The summed E-state index contributed by atoms with van der Waals surface area (Å²) < 4.78 is 10.5. The minimum Gasteiger partial charge on any atom is -0.497 e. The lowest BCUT2D eigenvalue weighted by Crippen LogP contribution is -2.41. The van der Waals surface area contributed by atoms with Crippen LogP contribution in [0, 0.1) is 0 Å². The fourth-order valence-electron chi connectivity index (χ4n) is 2.74. The summed E-state index contributed by atoms with van der Waals surface area (Å²) in [6, 6.07) is 15.0. The third-order valence-corrected chi connectivity index (χ3v) is 4.24. The maximum atomic E-state index is 12.2. The lowest BCUT2D eigenvalue weighted by atomic mass is 10.1. The molecule has 0 saturated heterocycles. The smallest absolute Gasteiger partial charge is 0.251 e. The van der Waals surface area contributed by atoms with E-state index in [9.17, 15) is 4.79 Å². The molecule has 0 unspecified atom stereocenters. The van der Waals surface area contributed by atoms with Crippen LogP contribution >= 0.6 is 0 Å². The highest BCUT2D eigenvalue weighted by molar-refractivity contribution is 5.94. The SMILES string of the molecule is CCNC(=NCCc1ccccc1OC)NCCNC(=O)c1ccc(OC)cc1. The fraction of sp³-hybridized carbons (Fsp3) is 0.364. The Morgan fingerprint density at radius 2 is 1.66 bits per heavy atom. The molecule has 0 aromatic heterocycles. The van der Waals surface area contributed by atoms with Crippen LogP contribution < -0.4 is 25.4 Å². The Morgan fingerprint density at radius 3 is 2.34 bits per heavy atom. The number of hydrogen-bond acceptors (Lipinski definition) is 4. The summed E-state index contributed by atoms with van der Waals surface area (Å²) in [6.07, 6.45) is 0.787. The number of benzene rings is 2. The number of hydrogen-bond donors (Lipinski definition) is 3. The molecule has 7 heteroatoms. The van der Waals surface area contributed by atoms with Gasteiger partial charge in [0.25, 0.3) is 5.91 Å². The van der Waals surface area contributed by atoms with Crippen molar-refractivity contribution in [3.63, 3.8) is 0 Å². The van der Waals surface area contributed by atoms with E-state index in [1.165, 1.54) is 0 Å². The molecule has 0 radical (unpaired) electrons. The van der Waals surface area contributed by atoms with Crippen LogP contribution in [0.25, 0.3) is 0 Å². The van der Waals surface area contributed by atoms with Gasteiger partial charge in [0.2, 0.25) is 0 Å². The van der Waals surface area contributed by atoms with E-state index < -0.39 is 0 Å². The molecule has 2 aromatic rings. The molecule has 2 aromatic carbocycles. The molecule has 0 atom stereocenters. The maximum absolute atomic E-state index is 12.2. The summed E-state index contributed by atoms with van der Waals surface area (Å²) in [6.45, 7) is 4.47. The minimum absolute atomic E-state index is 0.118. The average Bonchev–Trinajstić information content (AvgIpc) is 2.76. The van der Waals surface area contributed by atoms with Crippen molar-refractivity contribution in [1.29, 1.82) is 0 Å². The van der Waals surface area contributed by atoms with Crippen molar-refractivity contribution in [2.24, 2.45) is 4.99 Å². The Balaban J connectivity index is 1.77. The van der Waals surface area contributed by atoms with Gasteiger partial charge in [0, 0.05) is 31.7 Å². The van der Waals surface area contributed by atoms with Crippen LogP contribution in [0.3, 0.4) is 0 Å². The quantitative estimate of drug-likeness (QED) is 0.325. The van der Waals surface area contributed by atoms with Crippen LogP contribution in [0.4, 0.5) is 0 Å². The number of nitrogens with one attached hydrogen (secondary N) is 3. The summed E-state index contributed by atoms with van der Waals surface area (Å²) in [5.74, 6) is 2.21. The second kappa shape index (κ2) is 12.3. The third kappa shape index (κ3) is 7.37. The lowest BCUT2D eigenvalue weighted by Gasteiger charge is -2.12. The van der Waals surface area contributed by atoms with Gasteiger partial charge in [-0.3, -0.25) is 9.79 Å². The summed E-state index contributed by atoms with van der Waals surface area (Å²) in [5.41, 5.74) is 1.73. The van der Waals surface area contributed by atoms with Crippen molar-refractivity contribution in [3.8, 4) is 11.5 Å². The lowest BCUT2D eigenvalue weighted by molar-refractivity contribution is 0.0954. The molecule has 29 heavy (non-hydrogen) atoms. The number of ether oxygens (including phenoxy) is 2. The zero-order valence-electron chi connectivity index (χ0n) is 17.3. The van der Waals surface area contributed by atoms with E-state index in [1.54, 1.807) is 38.5 Å². The van der Waals surface area contributed by atoms with Crippen molar-refractivity contribution in [2.45, 2.75) is 13.3 Å². The van der Waals surface area contributed by atoms with Crippen molar-refractivity contribution in [2.75, 3.05) is 40.4 Å². The molecule has 0 spiro atoms. The summed E-state index contributed by atoms with van der Waals surface area (Å²) in [5, 5.41) is 9.33. The van der Waals surface area contributed by atoms with Gasteiger partial charge >= 0.3 is 0 Å². The zero-order valence-corrected chi connectivity index (χ0v) is 17.3. The molecule has 156 valence electrons. The van der Waals surface area contributed by atoms with Gasteiger partial charge < -0.3 is 25.4 Å². The van der Waals surface area contributed by atoms with Gasteiger partial charge in [0.1, 0.15) is 11.5 Å². The predicted octanol–water partition coefficient (Wildman–Crippen LogP) is 2.23. The number of methoxy groups -OCH3 is 2. The van der Waals surface area contributed by atoms with Gasteiger partial charge in [-0.1, -0.05) is 18.2 Å². The van der Waals surface area contributed by atoms with Gasteiger partial charge in [0.05, 0.1) is 14.2 Å². The first kappa shape index (κ1) is 22.1. The van der Waals surface area contributed by atoms with Crippen molar-refractivity contribution < 1.29 is 14.3 Å². The van der Waals surface area contributed by atoms with Crippen LogP contribution in [0.5, 0.6) is 11.5 Å². The standard InChI is InChI=1S/C22H30N4O3/c1-4-23-22(25-14-13-17-7-5-6-8-20(17)29-3)26-16-15-24-21(27)18-9-11-19(28-2)12-10-18/h5-12H,4,13-16H2,1-3H3,(H,24,27)(H2,23,25,26). The first-order chi connectivity index (χ1) is 14.2. The van der Waals surface area contributed by atoms with E-state index >= 15 is 0 Å². The van der Waals surface area contributed by atoms with E-state index in [1.807, 2.05) is 31.2 Å². The largest absolute Gasteiger partial charge is 0.497 e. The average molecular weight is 399 g/mol. The number of rotatable bonds is 10. The van der Waals surface area contributed by atoms with Crippen molar-refractivity contribution >= 4 is 11.9 Å². The molecular formula is C22H30N4O3. The van der Waals surface area contributed by atoms with Crippen LogP contribution in [0.15, 0.2) is 53.5 Å². The van der Waals surface area contributed by atoms with Crippen LogP contribution in [-0.4, -0.2) is 52.3 Å². The number of para-hydroxylation sites is 1. The Bertz CT molecular complexity index is 791. The van der Waals surface area contributed by atoms with Gasteiger partial charge in [-0.25, -0.2) is 0 Å². The van der Waals surface area contributed by atoms with Gasteiger partial charge in [-0.15, -0.1) is 0 Å². The second-order valence-corrected chi connectivity index (χ2v) is 6.23.